The van der Waals surface area contributed by atoms with Crippen LogP contribution < -0.4 is 0 Å². The number of unbranched alkanes of at least 4 members (excludes halogenated alkanes) is 1. The van der Waals surface area contributed by atoms with Crippen LogP contribution in [0.2, 0.25) is 0 Å². The molecule has 0 aromatic carbocycles. The summed E-state index contributed by atoms with van der Waals surface area (Å²) in [5, 5.41) is 0. The van der Waals surface area contributed by atoms with Gasteiger partial charge in [-0.15, -0.1) is 0 Å². The van der Waals surface area contributed by atoms with Crippen LogP contribution in [0.25, 0.3) is 0 Å². The lowest BCUT2D eigenvalue weighted by atomic mass is 10.1. The molecule has 0 aromatic rings. The summed E-state index contributed by atoms with van der Waals surface area (Å²) >= 11 is 0. The van der Waals surface area contributed by atoms with Crippen molar-refractivity contribution in [1.29, 1.82) is 0 Å². The quantitative estimate of drug-likeness (QED) is 0.457. The van der Waals surface area contributed by atoms with Crippen molar-refractivity contribution in [2.75, 3.05) is 0 Å². The van der Waals surface area contributed by atoms with Gasteiger partial charge in [0, 0.05) is 0 Å². The van der Waals surface area contributed by atoms with E-state index in [9.17, 15) is 0 Å². The fraction of sp³-hybridized carbons (Fsp3) is 0.750. The van der Waals surface area contributed by atoms with E-state index in [4.69, 9.17) is 0 Å². The molecule has 0 aromatic heterocycles. The van der Waals surface area contributed by atoms with Crippen molar-refractivity contribution in [3.63, 3.8) is 0 Å². The first-order valence-corrected chi connectivity index (χ1v) is 3.56. The van der Waals surface area contributed by atoms with Crippen molar-refractivity contribution in [2.45, 2.75) is 39.5 Å². The molecular weight excluding hydrogens is 96.1 g/mol. The predicted molar refractivity (Wildman–Crippen MR) is 39.0 cm³/mol. The van der Waals surface area contributed by atoms with E-state index in [0.29, 0.717) is 0 Å². The molecule has 0 heteroatoms. The summed E-state index contributed by atoms with van der Waals surface area (Å²) in [7, 11) is 0. The van der Waals surface area contributed by atoms with Crippen LogP contribution in [0.1, 0.15) is 39.5 Å². The molecule has 0 aliphatic heterocycles. The molecule has 0 atom stereocenters. The maximum absolute atomic E-state index is 2.18. The smallest absolute Gasteiger partial charge is 0.0316 e. The third-order valence-electron chi connectivity index (χ3n) is 1.17. The summed E-state index contributed by atoms with van der Waals surface area (Å²) in [6.07, 6.45) is 9.64. The first kappa shape index (κ1) is 7.74. The van der Waals surface area contributed by atoms with E-state index in [2.05, 4.69) is 26.0 Å². The van der Waals surface area contributed by atoms with E-state index >= 15 is 0 Å². The van der Waals surface area contributed by atoms with E-state index in [1.54, 1.807) is 0 Å². The second-order valence-electron chi connectivity index (χ2n) is 2.05. The fourth-order valence-corrected chi connectivity index (χ4v) is 0.167. The molecule has 0 spiro atoms. The van der Waals surface area contributed by atoms with Crippen LogP contribution in [0.3, 0.4) is 0 Å². The van der Waals surface area contributed by atoms with Crippen LogP contribution >= 0.6 is 0 Å². The first-order chi connectivity index (χ1) is 3.91. The van der Waals surface area contributed by atoms with Gasteiger partial charge in [-0.1, -0.05) is 38.8 Å². The minimum atomic E-state index is 1.32. The molecule has 0 amide bonds. The van der Waals surface area contributed by atoms with Gasteiger partial charge in [-0.2, -0.15) is 0 Å². The predicted octanol–water partition coefficient (Wildman–Crippen LogP) is 3.14. The summed E-state index contributed by atoms with van der Waals surface area (Å²) in [5.74, 6) is 0. The van der Waals surface area contributed by atoms with Gasteiger partial charge in [-0.05, 0) is 12.8 Å². The lowest BCUT2D eigenvalue weighted by Gasteiger charge is -1.92. The van der Waals surface area contributed by atoms with Gasteiger partial charge in [0.05, 0.1) is 0 Å². The minimum Gasteiger partial charge on any atom is -0.0882 e. The van der Waals surface area contributed by atoms with Gasteiger partial charge < -0.3 is 0 Å². The van der Waals surface area contributed by atoms with Gasteiger partial charge in [0.2, 0.25) is 0 Å². The monoisotopic (exact) mass is 112 g/mol. The molecule has 48 valence electrons. The number of allylic oxidation sites excluding steroid dienone is 2. The molecule has 1 aliphatic carbocycles. The Bertz CT molecular complexity index is 45.1. The Labute approximate surface area is 52.6 Å². The van der Waals surface area contributed by atoms with Crippen LogP contribution in [0, 0.1) is 0 Å². The Kier molecular flexibility index (Phi) is 6.52. The zero-order valence-electron chi connectivity index (χ0n) is 5.98. The molecule has 0 fully saturated rings. The second-order valence-corrected chi connectivity index (χ2v) is 2.05. The summed E-state index contributed by atoms with van der Waals surface area (Å²) in [4.78, 5) is 0. The molecule has 0 bridgehead atoms. The van der Waals surface area contributed by atoms with E-state index in [-0.39, 0.29) is 0 Å². The molecular formula is C8H16. The van der Waals surface area contributed by atoms with Gasteiger partial charge in [0.15, 0.2) is 0 Å². The molecule has 0 saturated heterocycles. The van der Waals surface area contributed by atoms with Crippen LogP contribution in [0.4, 0.5) is 0 Å². The molecule has 0 unspecified atom stereocenters. The summed E-state index contributed by atoms with van der Waals surface area (Å²) in [6, 6.07) is 0. The molecule has 1 rings (SSSR count). The minimum absolute atomic E-state index is 1.32. The Hall–Kier alpha value is -0.260. The fourth-order valence-electron chi connectivity index (χ4n) is 0.167. The molecule has 0 nitrogen and oxygen atoms in total. The average Bonchev–Trinajstić information content (AvgIpc) is 1.61. The van der Waals surface area contributed by atoms with E-state index in [0.717, 1.165) is 0 Å². The van der Waals surface area contributed by atoms with Crippen LogP contribution in [-0.4, -0.2) is 0 Å². The zero-order chi connectivity index (χ0) is 6.24. The summed E-state index contributed by atoms with van der Waals surface area (Å²) < 4.78 is 0. The lowest BCUT2D eigenvalue weighted by molar-refractivity contribution is 0.886. The molecule has 0 saturated carbocycles. The zero-order valence-corrected chi connectivity index (χ0v) is 5.98. The molecule has 0 N–H and O–H groups in total. The van der Waals surface area contributed by atoms with E-state index in [1.807, 2.05) is 0 Å². The van der Waals surface area contributed by atoms with E-state index in [1.165, 1.54) is 25.7 Å². The van der Waals surface area contributed by atoms with Crippen molar-refractivity contribution in [2.24, 2.45) is 0 Å². The van der Waals surface area contributed by atoms with Crippen molar-refractivity contribution in [1.82, 2.24) is 0 Å². The van der Waals surface area contributed by atoms with Crippen molar-refractivity contribution < 1.29 is 0 Å². The third kappa shape index (κ3) is 5.74. The van der Waals surface area contributed by atoms with Crippen molar-refractivity contribution in [3.8, 4) is 0 Å². The van der Waals surface area contributed by atoms with Gasteiger partial charge in [0.1, 0.15) is 0 Å². The van der Waals surface area contributed by atoms with Gasteiger partial charge in [0.25, 0.3) is 0 Å². The Morgan fingerprint density at radius 1 is 1.00 bits per heavy atom. The van der Waals surface area contributed by atoms with Crippen LogP contribution in [0.5, 0.6) is 0 Å². The molecule has 8 heavy (non-hydrogen) atoms. The molecule has 0 heterocycles. The lowest BCUT2D eigenvalue weighted by Crippen LogP contribution is -1.71. The topological polar surface area (TPSA) is 0 Å². The van der Waals surface area contributed by atoms with Crippen LogP contribution in [-0.2, 0) is 0 Å². The maximum atomic E-state index is 2.18. The molecule has 0 radical (unpaired) electrons. The van der Waals surface area contributed by atoms with Gasteiger partial charge >= 0.3 is 0 Å². The normalized spacial score (nSPS) is 13.8. The van der Waals surface area contributed by atoms with Crippen LogP contribution in [0.15, 0.2) is 12.2 Å². The first-order valence-electron chi connectivity index (χ1n) is 3.56. The van der Waals surface area contributed by atoms with E-state index < -0.39 is 0 Å². The number of rotatable bonds is 1. The number of hydrogen-bond acceptors (Lipinski definition) is 0. The van der Waals surface area contributed by atoms with Gasteiger partial charge in [-0.3, -0.25) is 0 Å². The highest BCUT2D eigenvalue weighted by Gasteiger charge is 1.81. The Balaban J connectivity index is 0.000000122. The maximum Gasteiger partial charge on any atom is -0.0316 e. The summed E-state index contributed by atoms with van der Waals surface area (Å²) in [5.41, 5.74) is 0. The van der Waals surface area contributed by atoms with Crippen molar-refractivity contribution in [3.05, 3.63) is 12.2 Å². The highest BCUT2D eigenvalue weighted by Crippen LogP contribution is 2.01. The third-order valence-corrected chi connectivity index (χ3v) is 1.17. The van der Waals surface area contributed by atoms with Crippen molar-refractivity contribution >= 4 is 0 Å². The number of hydrogen-bond donors (Lipinski definition) is 0. The standard InChI is InChI=1S/C4H6.C4H10/c1-2-4-3-1;1-3-4-2/h1-2H,3-4H2;3-4H2,1-2H3. The highest BCUT2D eigenvalue weighted by atomic mass is 13.9. The van der Waals surface area contributed by atoms with Gasteiger partial charge in [-0.25, -0.2) is 0 Å². The highest BCUT2D eigenvalue weighted by molar-refractivity contribution is 4.92. The second kappa shape index (κ2) is 6.74. The SMILES string of the molecule is C1=CCC1.CCCC. The Morgan fingerprint density at radius 2 is 1.25 bits per heavy atom. The molecule has 1 aliphatic rings. The summed E-state index contributed by atoms with van der Waals surface area (Å²) in [6.45, 7) is 4.36. The average molecular weight is 112 g/mol. The Morgan fingerprint density at radius 3 is 1.25 bits per heavy atom. The largest absolute Gasteiger partial charge is 0.0882 e.